The molecule has 3 aromatic carbocycles. The van der Waals surface area contributed by atoms with E-state index in [4.69, 9.17) is 4.74 Å². The van der Waals surface area contributed by atoms with Gasteiger partial charge in [-0.05, 0) is 54.4 Å². The van der Waals surface area contributed by atoms with Gasteiger partial charge < -0.3 is 14.5 Å². The first-order valence-corrected chi connectivity index (χ1v) is 11.2. The molecule has 0 aromatic heterocycles. The van der Waals surface area contributed by atoms with Crippen molar-refractivity contribution in [3.05, 3.63) is 95.6 Å². The van der Waals surface area contributed by atoms with Crippen molar-refractivity contribution in [3.63, 3.8) is 0 Å². The fourth-order valence-corrected chi connectivity index (χ4v) is 4.08. The maximum absolute atomic E-state index is 13.6. The van der Waals surface area contributed by atoms with Gasteiger partial charge in [0.15, 0.2) is 0 Å². The van der Waals surface area contributed by atoms with E-state index in [0.29, 0.717) is 25.2 Å². The van der Waals surface area contributed by atoms with Crippen LogP contribution >= 0.6 is 0 Å². The zero-order valence-electron chi connectivity index (χ0n) is 19.1. The number of piperazine rings is 1. The highest BCUT2D eigenvalue weighted by Crippen LogP contribution is 2.23. The van der Waals surface area contributed by atoms with Crippen molar-refractivity contribution in [2.45, 2.75) is 13.5 Å². The number of ether oxygens (including phenoxy) is 1. The van der Waals surface area contributed by atoms with Crippen LogP contribution in [0.3, 0.4) is 0 Å². The van der Waals surface area contributed by atoms with Crippen LogP contribution in [-0.4, -0.2) is 50.2 Å². The van der Waals surface area contributed by atoms with Crippen molar-refractivity contribution in [1.29, 1.82) is 0 Å². The molecule has 0 N–H and O–H groups in total. The van der Waals surface area contributed by atoms with E-state index in [0.717, 1.165) is 29.9 Å². The van der Waals surface area contributed by atoms with Gasteiger partial charge in [0.05, 0.1) is 19.2 Å². The molecular formula is C27H29N3O3. The van der Waals surface area contributed by atoms with Gasteiger partial charge in [0.1, 0.15) is 0 Å². The molecule has 1 aliphatic rings. The molecule has 170 valence electrons. The Kier molecular flexibility index (Phi) is 6.93. The molecule has 0 unspecified atom stereocenters. The van der Waals surface area contributed by atoms with Crippen molar-refractivity contribution in [2.75, 3.05) is 43.1 Å². The van der Waals surface area contributed by atoms with E-state index in [2.05, 4.69) is 17.0 Å². The van der Waals surface area contributed by atoms with E-state index in [-0.39, 0.29) is 12.0 Å². The number of amides is 2. The number of urea groups is 1. The summed E-state index contributed by atoms with van der Waals surface area (Å²) in [7, 11) is 1.37. The van der Waals surface area contributed by atoms with Gasteiger partial charge >= 0.3 is 12.0 Å². The van der Waals surface area contributed by atoms with Gasteiger partial charge in [-0.1, -0.05) is 42.5 Å². The second kappa shape index (κ2) is 10.2. The quantitative estimate of drug-likeness (QED) is 0.535. The highest BCUT2D eigenvalue weighted by molar-refractivity contribution is 5.92. The average Bonchev–Trinajstić information content (AvgIpc) is 2.87. The molecule has 0 spiro atoms. The third-order valence-electron chi connectivity index (χ3n) is 5.93. The number of aryl methyl sites for hydroxylation is 1. The maximum Gasteiger partial charge on any atom is 0.337 e. The van der Waals surface area contributed by atoms with Gasteiger partial charge in [0.25, 0.3) is 0 Å². The Morgan fingerprint density at radius 2 is 1.58 bits per heavy atom. The average molecular weight is 444 g/mol. The lowest BCUT2D eigenvalue weighted by Crippen LogP contribution is -2.53. The number of carbonyl (C=O) groups excluding carboxylic acids is 2. The minimum Gasteiger partial charge on any atom is -0.465 e. The van der Waals surface area contributed by atoms with E-state index in [1.54, 1.807) is 12.1 Å². The third kappa shape index (κ3) is 5.34. The molecule has 0 saturated carbocycles. The van der Waals surface area contributed by atoms with Crippen molar-refractivity contribution in [3.8, 4) is 0 Å². The summed E-state index contributed by atoms with van der Waals surface area (Å²) in [6.07, 6.45) is 0. The molecule has 6 nitrogen and oxygen atoms in total. The minimum absolute atomic E-state index is 0.00893. The molecule has 6 heteroatoms. The lowest BCUT2D eigenvalue weighted by molar-refractivity contribution is 0.0600. The van der Waals surface area contributed by atoms with Crippen LogP contribution in [0.4, 0.5) is 16.2 Å². The first-order valence-electron chi connectivity index (χ1n) is 11.2. The normalized spacial score (nSPS) is 13.5. The molecule has 1 aliphatic heterocycles. The van der Waals surface area contributed by atoms with Crippen LogP contribution in [0.5, 0.6) is 0 Å². The highest BCUT2D eigenvalue weighted by Gasteiger charge is 2.26. The first-order chi connectivity index (χ1) is 16.0. The fraction of sp³-hybridized carbons (Fsp3) is 0.259. The Bertz CT molecular complexity index is 1090. The summed E-state index contributed by atoms with van der Waals surface area (Å²) in [5.41, 5.74) is 4.58. The van der Waals surface area contributed by atoms with Crippen LogP contribution in [0.25, 0.3) is 0 Å². The topological polar surface area (TPSA) is 53.1 Å². The van der Waals surface area contributed by atoms with Gasteiger partial charge in [-0.25, -0.2) is 9.59 Å². The summed E-state index contributed by atoms with van der Waals surface area (Å²) in [4.78, 5) is 31.4. The lowest BCUT2D eigenvalue weighted by Gasteiger charge is -2.38. The van der Waals surface area contributed by atoms with Gasteiger partial charge in [-0.3, -0.25) is 4.90 Å². The monoisotopic (exact) mass is 443 g/mol. The molecule has 0 bridgehead atoms. The molecule has 33 heavy (non-hydrogen) atoms. The number of benzene rings is 3. The van der Waals surface area contributed by atoms with E-state index in [1.165, 1.54) is 12.8 Å². The van der Waals surface area contributed by atoms with Crippen LogP contribution in [0.2, 0.25) is 0 Å². The fourth-order valence-electron chi connectivity index (χ4n) is 4.08. The summed E-state index contributed by atoms with van der Waals surface area (Å²) in [5.74, 6) is -0.371. The molecule has 0 aliphatic carbocycles. The third-order valence-corrected chi connectivity index (χ3v) is 5.93. The van der Waals surface area contributed by atoms with Crippen molar-refractivity contribution >= 4 is 23.4 Å². The first kappa shape index (κ1) is 22.4. The summed E-state index contributed by atoms with van der Waals surface area (Å²) >= 11 is 0. The van der Waals surface area contributed by atoms with Gasteiger partial charge in [0, 0.05) is 37.6 Å². The predicted octanol–water partition coefficient (Wildman–Crippen LogP) is 4.73. The molecule has 1 heterocycles. The zero-order valence-corrected chi connectivity index (χ0v) is 19.1. The number of methoxy groups -OCH3 is 1. The van der Waals surface area contributed by atoms with Gasteiger partial charge in [-0.15, -0.1) is 0 Å². The lowest BCUT2D eigenvalue weighted by atomic mass is 10.1. The number of hydrogen-bond acceptors (Lipinski definition) is 4. The van der Waals surface area contributed by atoms with Crippen molar-refractivity contribution in [1.82, 2.24) is 4.90 Å². The summed E-state index contributed by atoms with van der Waals surface area (Å²) < 4.78 is 4.78. The Labute approximate surface area is 195 Å². The highest BCUT2D eigenvalue weighted by atomic mass is 16.5. The molecular weight excluding hydrogens is 414 g/mol. The maximum atomic E-state index is 13.6. The molecule has 3 aromatic rings. The largest absolute Gasteiger partial charge is 0.465 e. The van der Waals surface area contributed by atoms with E-state index < -0.39 is 0 Å². The SMILES string of the molecule is COC(=O)c1ccc(CN(C(=O)N2CCN(c3ccccc3)CC2)c2cccc(C)c2)cc1. The number of para-hydroxylation sites is 1. The Morgan fingerprint density at radius 3 is 2.21 bits per heavy atom. The summed E-state index contributed by atoms with van der Waals surface area (Å²) in [5, 5.41) is 0. The molecule has 1 saturated heterocycles. The number of anilines is 2. The van der Waals surface area contributed by atoms with Crippen LogP contribution in [-0.2, 0) is 11.3 Å². The zero-order chi connectivity index (χ0) is 23.2. The van der Waals surface area contributed by atoms with Crippen LogP contribution in [0.1, 0.15) is 21.5 Å². The van der Waals surface area contributed by atoms with Crippen LogP contribution < -0.4 is 9.80 Å². The number of carbonyl (C=O) groups is 2. The van der Waals surface area contributed by atoms with E-state index >= 15 is 0 Å². The van der Waals surface area contributed by atoms with Gasteiger partial charge in [0.2, 0.25) is 0 Å². The number of esters is 1. The van der Waals surface area contributed by atoms with Crippen LogP contribution in [0.15, 0.2) is 78.9 Å². The summed E-state index contributed by atoms with van der Waals surface area (Å²) in [6.45, 7) is 5.36. The second-order valence-corrected chi connectivity index (χ2v) is 8.21. The standard InChI is InChI=1S/C27H29N3O3/c1-21-7-6-10-25(19-21)30(20-22-11-13-23(14-12-22)26(31)33-2)27(32)29-17-15-28(16-18-29)24-8-4-3-5-9-24/h3-14,19H,15-18,20H2,1-2H3. The Balaban J connectivity index is 1.51. The minimum atomic E-state index is -0.371. The molecule has 0 radical (unpaired) electrons. The Hall–Kier alpha value is -3.80. The molecule has 2 amide bonds. The number of nitrogens with zero attached hydrogens (tertiary/aromatic N) is 3. The predicted molar refractivity (Wildman–Crippen MR) is 131 cm³/mol. The smallest absolute Gasteiger partial charge is 0.337 e. The molecule has 0 atom stereocenters. The summed E-state index contributed by atoms with van der Waals surface area (Å²) in [6, 6.07) is 25.5. The number of rotatable bonds is 5. The number of hydrogen-bond donors (Lipinski definition) is 0. The van der Waals surface area contributed by atoms with Crippen LogP contribution in [0, 0.1) is 6.92 Å². The molecule has 1 fully saturated rings. The second-order valence-electron chi connectivity index (χ2n) is 8.21. The van der Waals surface area contributed by atoms with E-state index in [1.807, 2.05) is 71.3 Å². The van der Waals surface area contributed by atoms with Crippen molar-refractivity contribution in [2.24, 2.45) is 0 Å². The van der Waals surface area contributed by atoms with E-state index in [9.17, 15) is 9.59 Å². The molecule has 4 rings (SSSR count). The van der Waals surface area contributed by atoms with Gasteiger partial charge in [-0.2, -0.15) is 0 Å². The van der Waals surface area contributed by atoms with Crippen molar-refractivity contribution < 1.29 is 14.3 Å². The Morgan fingerprint density at radius 1 is 0.879 bits per heavy atom.